The zero-order valence-electron chi connectivity index (χ0n) is 19.5. The van der Waals surface area contributed by atoms with Gasteiger partial charge in [-0.2, -0.15) is 9.61 Å². The van der Waals surface area contributed by atoms with Crippen molar-refractivity contribution in [1.82, 2.24) is 24.6 Å². The fourth-order valence-corrected chi connectivity index (χ4v) is 4.44. The Morgan fingerprint density at radius 1 is 1.09 bits per heavy atom. The van der Waals surface area contributed by atoms with Gasteiger partial charge in [-0.05, 0) is 56.7 Å². The highest BCUT2D eigenvalue weighted by Crippen LogP contribution is 2.30. The zero-order chi connectivity index (χ0) is 22.8. The van der Waals surface area contributed by atoms with Gasteiger partial charge < -0.3 is 10.1 Å². The van der Waals surface area contributed by atoms with Gasteiger partial charge in [-0.25, -0.2) is 15.0 Å². The van der Waals surface area contributed by atoms with Crippen molar-refractivity contribution in [3.8, 4) is 11.4 Å². The number of nitrogens with one attached hydrogen (secondary N) is 1. The minimum absolute atomic E-state index is 0.288. The number of aromatic nitrogens is 5. The lowest BCUT2D eigenvalue weighted by molar-refractivity contribution is 0.189. The van der Waals surface area contributed by atoms with E-state index in [9.17, 15) is 0 Å². The fraction of sp³-hybridized carbons (Fsp3) is 0.385. The molecule has 170 valence electrons. The number of nitrogens with zero attached hydrogens (tertiary/aromatic N) is 5. The van der Waals surface area contributed by atoms with Crippen molar-refractivity contribution in [2.24, 2.45) is 0 Å². The van der Waals surface area contributed by atoms with E-state index in [4.69, 9.17) is 24.8 Å². The monoisotopic (exact) mass is 442 g/mol. The predicted molar refractivity (Wildman–Crippen MR) is 132 cm³/mol. The molecule has 4 aromatic rings. The Labute approximate surface area is 193 Å². The highest BCUT2D eigenvalue weighted by atomic mass is 16.5. The highest BCUT2D eigenvalue weighted by molar-refractivity contribution is 5.78. The minimum Gasteiger partial charge on any atom is -0.385 e. The van der Waals surface area contributed by atoms with E-state index in [0.29, 0.717) is 6.61 Å². The van der Waals surface area contributed by atoms with E-state index in [2.05, 4.69) is 24.4 Å². The molecule has 1 atom stereocenters. The van der Waals surface area contributed by atoms with Crippen LogP contribution in [0.3, 0.4) is 0 Å². The molecule has 7 nitrogen and oxygen atoms in total. The smallest absolute Gasteiger partial charge is 0.158 e. The highest BCUT2D eigenvalue weighted by Gasteiger charge is 2.18. The van der Waals surface area contributed by atoms with E-state index < -0.39 is 0 Å². The predicted octanol–water partition coefficient (Wildman–Crippen LogP) is 5.44. The Hall–Kier alpha value is -3.32. The molecule has 1 unspecified atom stereocenters. The van der Waals surface area contributed by atoms with Gasteiger partial charge in [0.1, 0.15) is 17.2 Å². The molecule has 3 heterocycles. The summed E-state index contributed by atoms with van der Waals surface area (Å²) in [5.74, 6) is 0.948. The number of rotatable bonds is 8. The van der Waals surface area contributed by atoms with Crippen LogP contribution in [-0.4, -0.2) is 44.3 Å². The molecular weight excluding hydrogens is 412 g/mol. The molecular formula is C26H30N6O. The molecule has 0 saturated heterocycles. The third-order valence-electron chi connectivity index (χ3n) is 6.30. The third kappa shape index (κ3) is 4.33. The van der Waals surface area contributed by atoms with Crippen LogP contribution in [0.1, 0.15) is 50.4 Å². The Balaban J connectivity index is 1.62. The maximum Gasteiger partial charge on any atom is 0.158 e. The van der Waals surface area contributed by atoms with Gasteiger partial charge in [-0.15, -0.1) is 0 Å². The number of anilines is 1. The Morgan fingerprint density at radius 3 is 2.64 bits per heavy atom. The number of benzene rings is 1. The molecule has 0 fully saturated rings. The van der Waals surface area contributed by atoms with Crippen LogP contribution in [-0.2, 0) is 4.74 Å². The van der Waals surface area contributed by atoms with E-state index in [1.54, 1.807) is 7.11 Å². The summed E-state index contributed by atoms with van der Waals surface area (Å²) in [6, 6.07) is 12.4. The van der Waals surface area contributed by atoms with Crippen LogP contribution in [0, 0.1) is 6.92 Å². The van der Waals surface area contributed by atoms with Crippen LogP contribution < -0.4 is 5.32 Å². The van der Waals surface area contributed by atoms with E-state index in [0.717, 1.165) is 71.0 Å². The first-order valence-corrected chi connectivity index (χ1v) is 11.8. The number of methoxy groups -OCH3 is 1. The molecule has 3 aromatic heterocycles. The van der Waals surface area contributed by atoms with Crippen LogP contribution in [0.5, 0.6) is 0 Å². The van der Waals surface area contributed by atoms with Crippen LogP contribution in [0.25, 0.3) is 33.6 Å². The lowest BCUT2D eigenvalue weighted by Gasteiger charge is -2.19. The fourth-order valence-electron chi connectivity index (χ4n) is 4.44. The average molecular weight is 443 g/mol. The summed E-state index contributed by atoms with van der Waals surface area (Å²) in [7, 11) is 1.74. The van der Waals surface area contributed by atoms with Gasteiger partial charge >= 0.3 is 0 Å². The largest absolute Gasteiger partial charge is 0.385 e. The Morgan fingerprint density at radius 2 is 1.91 bits per heavy atom. The van der Waals surface area contributed by atoms with Gasteiger partial charge in [-0.3, -0.25) is 0 Å². The van der Waals surface area contributed by atoms with E-state index in [-0.39, 0.29) is 6.04 Å². The van der Waals surface area contributed by atoms with Gasteiger partial charge in [0.05, 0.1) is 22.4 Å². The van der Waals surface area contributed by atoms with E-state index in [1.807, 2.05) is 41.8 Å². The number of ether oxygens (including phenoxy) is 1. The second-order valence-electron chi connectivity index (χ2n) is 8.63. The summed E-state index contributed by atoms with van der Waals surface area (Å²) >= 11 is 0. The molecule has 1 aliphatic rings. The summed E-state index contributed by atoms with van der Waals surface area (Å²) in [5.41, 5.74) is 7.34. The topological polar surface area (TPSA) is 77.2 Å². The van der Waals surface area contributed by atoms with Crippen molar-refractivity contribution in [2.75, 3.05) is 19.0 Å². The quantitative estimate of drug-likeness (QED) is 0.391. The summed E-state index contributed by atoms with van der Waals surface area (Å²) in [6.07, 6.45) is 7.60. The molecule has 0 aliphatic heterocycles. The van der Waals surface area contributed by atoms with Crippen LogP contribution in [0.15, 0.2) is 42.5 Å². The number of aryl methyl sites for hydroxylation is 1. The van der Waals surface area contributed by atoms with Crippen molar-refractivity contribution in [1.29, 1.82) is 0 Å². The van der Waals surface area contributed by atoms with Crippen LogP contribution in [0.4, 0.5) is 5.82 Å². The summed E-state index contributed by atoms with van der Waals surface area (Å²) < 4.78 is 7.22. The Kier molecular flexibility index (Phi) is 6.05. The van der Waals surface area contributed by atoms with Crippen LogP contribution in [0.2, 0.25) is 0 Å². The number of para-hydroxylation sites is 2. The standard InChI is InChI=1S/C26H30N6O/c1-4-19(13-14-33-3)28-24-15-22(18-9-5-6-10-18)29-25-16-23(31-32(24)25)26-17(2)27-20-11-7-8-12-21(20)30-26/h7-9,11-12,15-16,19,28H,4-6,10,13-14H2,1-3H3. The number of allylic oxidation sites excluding steroid dienone is 2. The summed E-state index contributed by atoms with van der Waals surface area (Å²) in [5, 5.41) is 8.62. The van der Waals surface area contributed by atoms with E-state index in [1.165, 1.54) is 12.0 Å². The summed E-state index contributed by atoms with van der Waals surface area (Å²) in [4.78, 5) is 14.6. The minimum atomic E-state index is 0.288. The SMILES string of the molecule is CCC(CCOC)Nc1cc(C2=CCCC2)nc2cc(-c3nc4ccccc4nc3C)nn12. The molecule has 1 aromatic carbocycles. The third-order valence-corrected chi connectivity index (χ3v) is 6.30. The molecule has 0 saturated carbocycles. The number of hydrogen-bond acceptors (Lipinski definition) is 6. The van der Waals surface area contributed by atoms with Crippen molar-refractivity contribution in [3.63, 3.8) is 0 Å². The van der Waals surface area contributed by atoms with Gasteiger partial charge in [0, 0.05) is 31.9 Å². The molecule has 5 rings (SSSR count). The molecule has 1 aliphatic carbocycles. The van der Waals surface area contributed by atoms with Crippen molar-refractivity contribution in [2.45, 2.75) is 52.0 Å². The lowest BCUT2D eigenvalue weighted by atomic mass is 10.1. The number of fused-ring (bicyclic) bond motifs is 2. The van der Waals surface area contributed by atoms with Crippen molar-refractivity contribution >= 4 is 28.1 Å². The molecule has 7 heteroatoms. The first kappa shape index (κ1) is 21.5. The van der Waals surface area contributed by atoms with Gasteiger partial charge in [0.15, 0.2) is 5.65 Å². The summed E-state index contributed by atoms with van der Waals surface area (Å²) in [6.45, 7) is 4.89. The lowest BCUT2D eigenvalue weighted by Crippen LogP contribution is -2.22. The molecule has 0 amide bonds. The van der Waals surface area contributed by atoms with Gasteiger partial charge in [0.2, 0.25) is 0 Å². The van der Waals surface area contributed by atoms with E-state index >= 15 is 0 Å². The first-order valence-electron chi connectivity index (χ1n) is 11.8. The van der Waals surface area contributed by atoms with Crippen LogP contribution >= 0.6 is 0 Å². The number of hydrogen-bond donors (Lipinski definition) is 1. The van der Waals surface area contributed by atoms with Crippen molar-refractivity contribution in [3.05, 3.63) is 53.9 Å². The van der Waals surface area contributed by atoms with Gasteiger partial charge in [-0.1, -0.05) is 25.1 Å². The average Bonchev–Trinajstić information content (AvgIpc) is 3.51. The van der Waals surface area contributed by atoms with Crippen molar-refractivity contribution < 1.29 is 4.74 Å². The molecule has 0 radical (unpaired) electrons. The first-order chi connectivity index (χ1) is 16.2. The zero-order valence-corrected chi connectivity index (χ0v) is 19.5. The Bertz CT molecular complexity index is 1330. The maximum absolute atomic E-state index is 5.32. The molecule has 0 bridgehead atoms. The molecule has 0 spiro atoms. The second kappa shape index (κ2) is 9.27. The molecule has 33 heavy (non-hydrogen) atoms. The normalized spacial score (nSPS) is 14.7. The van der Waals surface area contributed by atoms with Gasteiger partial charge in [0.25, 0.3) is 0 Å². The second-order valence-corrected chi connectivity index (χ2v) is 8.63. The molecule has 1 N–H and O–H groups in total. The maximum atomic E-state index is 5.32.